The van der Waals surface area contributed by atoms with Crippen molar-refractivity contribution in [3.8, 4) is 17.1 Å². The number of thioether (sulfide) groups is 1. The van der Waals surface area contributed by atoms with Crippen LogP contribution in [0.25, 0.3) is 11.4 Å². The van der Waals surface area contributed by atoms with Gasteiger partial charge in [-0.3, -0.25) is 4.57 Å². The number of carbonyl (C=O) groups excluding carboxylic acids is 2. The number of hydrogen-bond acceptors (Lipinski definition) is 7. The number of para-hydroxylation sites is 1. The molecule has 10 heteroatoms. The number of carbonyl (C=O) groups is 2. The van der Waals surface area contributed by atoms with Gasteiger partial charge in [0.25, 0.3) is 0 Å². The van der Waals surface area contributed by atoms with E-state index in [1.54, 1.807) is 21.0 Å². The molecule has 9 nitrogen and oxygen atoms in total. The van der Waals surface area contributed by atoms with E-state index in [1.807, 2.05) is 24.3 Å². The molecule has 2 aromatic rings. The number of aromatic nitrogens is 3. The van der Waals surface area contributed by atoms with Gasteiger partial charge in [-0.1, -0.05) is 43.2 Å². The van der Waals surface area contributed by atoms with Crippen molar-refractivity contribution in [1.82, 2.24) is 25.4 Å². The van der Waals surface area contributed by atoms with Gasteiger partial charge in [0.2, 0.25) is 0 Å². The van der Waals surface area contributed by atoms with Crippen molar-refractivity contribution in [1.29, 1.82) is 0 Å². The number of rotatable bonds is 8. The maximum absolute atomic E-state index is 12.6. The molecule has 1 fully saturated rings. The van der Waals surface area contributed by atoms with Crippen LogP contribution in [0, 0.1) is 0 Å². The first-order chi connectivity index (χ1) is 16.5. The molecular formula is C24H31N5O4S. The van der Waals surface area contributed by atoms with Gasteiger partial charge in [0.1, 0.15) is 5.75 Å². The molecule has 0 unspecified atom stereocenters. The zero-order chi connectivity index (χ0) is 24.1. The molecule has 1 aliphatic carbocycles. The van der Waals surface area contributed by atoms with Gasteiger partial charge in [-0.2, -0.15) is 0 Å². The SMILES string of the molecule is CCOC(=O)C1=C(CSc2nnc(-c3ccccc3OC)n2C2CCCCC2)NC(=O)N[C@H]1C. The standard InChI is InChI=1S/C24H31N5O4S/c1-4-33-22(30)20-15(2)25-23(31)26-18(20)14-34-24-28-27-21(17-12-8-9-13-19(17)32-3)29(24)16-10-6-5-7-11-16/h8-9,12-13,15-16H,4-7,10-11,14H2,1-3H3,(H2,25,26,31)/t15-/m0/s1. The fourth-order valence-electron chi connectivity index (χ4n) is 4.59. The minimum Gasteiger partial charge on any atom is -0.496 e. The molecule has 2 aliphatic rings. The second-order valence-corrected chi connectivity index (χ2v) is 9.33. The van der Waals surface area contributed by atoms with Gasteiger partial charge in [-0.15, -0.1) is 10.2 Å². The number of amides is 2. The number of esters is 1. The van der Waals surface area contributed by atoms with Gasteiger partial charge in [0, 0.05) is 17.5 Å². The van der Waals surface area contributed by atoms with E-state index in [4.69, 9.17) is 9.47 Å². The number of nitrogens with one attached hydrogen (secondary N) is 2. The van der Waals surface area contributed by atoms with Crippen molar-refractivity contribution < 1.29 is 19.1 Å². The summed E-state index contributed by atoms with van der Waals surface area (Å²) in [7, 11) is 1.65. The molecule has 4 rings (SSSR count). The molecule has 0 saturated heterocycles. The molecule has 1 aromatic heterocycles. The summed E-state index contributed by atoms with van der Waals surface area (Å²) in [5.74, 6) is 1.45. The van der Waals surface area contributed by atoms with Crippen LogP contribution in [-0.2, 0) is 9.53 Å². The van der Waals surface area contributed by atoms with Crippen molar-refractivity contribution in [2.75, 3.05) is 19.5 Å². The molecular weight excluding hydrogens is 454 g/mol. The lowest BCUT2D eigenvalue weighted by molar-refractivity contribution is -0.138. The third-order valence-electron chi connectivity index (χ3n) is 6.16. The monoisotopic (exact) mass is 485 g/mol. The topological polar surface area (TPSA) is 107 Å². The van der Waals surface area contributed by atoms with Crippen molar-refractivity contribution in [2.45, 2.75) is 63.2 Å². The highest BCUT2D eigenvalue weighted by Gasteiger charge is 2.31. The number of nitrogens with zero attached hydrogens (tertiary/aromatic N) is 3. The maximum atomic E-state index is 12.6. The predicted octanol–water partition coefficient (Wildman–Crippen LogP) is 4.07. The average Bonchev–Trinajstić information content (AvgIpc) is 3.26. The largest absolute Gasteiger partial charge is 0.496 e. The Morgan fingerprint density at radius 3 is 2.71 bits per heavy atom. The number of urea groups is 1. The summed E-state index contributed by atoms with van der Waals surface area (Å²) in [6, 6.07) is 7.32. The minimum atomic E-state index is -0.441. The first kappa shape index (κ1) is 24.1. The molecule has 0 spiro atoms. The Bertz CT molecular complexity index is 1080. The van der Waals surface area contributed by atoms with E-state index >= 15 is 0 Å². The van der Waals surface area contributed by atoms with Crippen LogP contribution < -0.4 is 15.4 Å². The quantitative estimate of drug-likeness (QED) is 0.429. The maximum Gasteiger partial charge on any atom is 0.337 e. The van der Waals surface area contributed by atoms with Crippen LogP contribution >= 0.6 is 11.8 Å². The molecule has 1 saturated carbocycles. The summed E-state index contributed by atoms with van der Waals surface area (Å²) in [6.07, 6.45) is 5.67. The lowest BCUT2D eigenvalue weighted by atomic mass is 9.95. The summed E-state index contributed by atoms with van der Waals surface area (Å²) in [5.41, 5.74) is 1.87. The van der Waals surface area contributed by atoms with E-state index in [9.17, 15) is 9.59 Å². The Kier molecular flexibility index (Phi) is 7.77. The van der Waals surface area contributed by atoms with Gasteiger partial charge in [0.15, 0.2) is 11.0 Å². The average molecular weight is 486 g/mol. The zero-order valence-electron chi connectivity index (χ0n) is 19.8. The first-order valence-electron chi connectivity index (χ1n) is 11.7. The van der Waals surface area contributed by atoms with E-state index in [-0.39, 0.29) is 18.7 Å². The van der Waals surface area contributed by atoms with Crippen LogP contribution in [0.3, 0.4) is 0 Å². The van der Waals surface area contributed by atoms with E-state index in [0.29, 0.717) is 17.0 Å². The molecule has 1 aromatic carbocycles. The van der Waals surface area contributed by atoms with Crippen LogP contribution in [0.4, 0.5) is 4.79 Å². The predicted molar refractivity (Wildman–Crippen MR) is 130 cm³/mol. The molecule has 2 N–H and O–H groups in total. The van der Waals surface area contributed by atoms with Crippen molar-refractivity contribution in [3.05, 3.63) is 35.5 Å². The smallest absolute Gasteiger partial charge is 0.337 e. The molecule has 2 heterocycles. The summed E-state index contributed by atoms with van der Waals surface area (Å²) in [6.45, 7) is 3.81. The van der Waals surface area contributed by atoms with E-state index in [2.05, 4.69) is 25.4 Å². The normalized spacial score (nSPS) is 18.9. The summed E-state index contributed by atoms with van der Waals surface area (Å²) in [5, 5.41) is 15.4. The first-order valence-corrected chi connectivity index (χ1v) is 12.7. The highest BCUT2D eigenvalue weighted by atomic mass is 32.2. The van der Waals surface area contributed by atoms with E-state index < -0.39 is 12.0 Å². The number of methoxy groups -OCH3 is 1. The van der Waals surface area contributed by atoms with Crippen LogP contribution in [0.5, 0.6) is 5.75 Å². The van der Waals surface area contributed by atoms with E-state index in [1.165, 1.54) is 18.2 Å². The Morgan fingerprint density at radius 2 is 1.97 bits per heavy atom. The summed E-state index contributed by atoms with van der Waals surface area (Å²) in [4.78, 5) is 24.7. The molecule has 182 valence electrons. The molecule has 0 radical (unpaired) electrons. The third-order valence-corrected chi connectivity index (χ3v) is 7.13. The third kappa shape index (κ3) is 5.06. The Morgan fingerprint density at radius 1 is 1.21 bits per heavy atom. The molecule has 0 bridgehead atoms. The van der Waals surface area contributed by atoms with Crippen LogP contribution in [-0.4, -0.2) is 52.3 Å². The minimum absolute atomic E-state index is 0.266. The van der Waals surface area contributed by atoms with Crippen molar-refractivity contribution in [3.63, 3.8) is 0 Å². The number of benzene rings is 1. The molecule has 34 heavy (non-hydrogen) atoms. The summed E-state index contributed by atoms with van der Waals surface area (Å²) >= 11 is 1.46. The van der Waals surface area contributed by atoms with Crippen LogP contribution in [0.15, 0.2) is 40.7 Å². The molecule has 2 amide bonds. The highest BCUT2D eigenvalue weighted by molar-refractivity contribution is 7.99. The van der Waals surface area contributed by atoms with Gasteiger partial charge in [-0.05, 0) is 38.8 Å². The van der Waals surface area contributed by atoms with Gasteiger partial charge in [0.05, 0.1) is 30.9 Å². The molecule has 1 aliphatic heterocycles. The highest BCUT2D eigenvalue weighted by Crippen LogP contribution is 2.38. The Balaban J connectivity index is 1.69. The van der Waals surface area contributed by atoms with Crippen molar-refractivity contribution in [2.24, 2.45) is 0 Å². The van der Waals surface area contributed by atoms with Crippen LogP contribution in [0.1, 0.15) is 52.0 Å². The fourth-order valence-corrected chi connectivity index (χ4v) is 5.56. The van der Waals surface area contributed by atoms with Crippen molar-refractivity contribution >= 4 is 23.8 Å². The second kappa shape index (κ2) is 10.9. The Hall–Kier alpha value is -3.01. The Labute approximate surface area is 203 Å². The van der Waals surface area contributed by atoms with E-state index in [0.717, 1.165) is 48.0 Å². The zero-order valence-corrected chi connectivity index (χ0v) is 20.6. The van der Waals surface area contributed by atoms with Gasteiger partial charge >= 0.3 is 12.0 Å². The van der Waals surface area contributed by atoms with Gasteiger partial charge in [-0.25, -0.2) is 9.59 Å². The molecule has 1 atom stereocenters. The summed E-state index contributed by atoms with van der Waals surface area (Å²) < 4.78 is 13.0. The number of hydrogen-bond donors (Lipinski definition) is 2. The lowest BCUT2D eigenvalue weighted by Crippen LogP contribution is -2.49. The van der Waals surface area contributed by atoms with Crippen LogP contribution in [0.2, 0.25) is 0 Å². The fraction of sp³-hybridized carbons (Fsp3) is 0.500. The second-order valence-electron chi connectivity index (χ2n) is 8.39. The lowest BCUT2D eigenvalue weighted by Gasteiger charge is -2.27. The number of ether oxygens (including phenoxy) is 2. The van der Waals surface area contributed by atoms with Gasteiger partial charge < -0.3 is 20.1 Å².